The molecule has 0 aromatic carbocycles. The zero-order valence-electron chi connectivity index (χ0n) is 7.77. The minimum atomic E-state index is -1.19. The summed E-state index contributed by atoms with van der Waals surface area (Å²) in [5.41, 5.74) is 0. The Morgan fingerprint density at radius 2 is 2.00 bits per heavy atom. The summed E-state index contributed by atoms with van der Waals surface area (Å²) in [5.74, 6) is 0.851. The number of ketones is 1. The van der Waals surface area contributed by atoms with Crippen molar-refractivity contribution in [3.8, 4) is 0 Å². The predicted molar refractivity (Wildman–Crippen MR) is 50.2 cm³/mol. The van der Waals surface area contributed by atoms with Crippen molar-refractivity contribution in [3.63, 3.8) is 0 Å². The molecule has 1 aliphatic rings. The van der Waals surface area contributed by atoms with Crippen molar-refractivity contribution in [1.82, 2.24) is 0 Å². The molecule has 0 heterocycles. The second-order valence-corrected chi connectivity index (χ2v) is 9.50. The maximum Gasteiger partial charge on any atom is 0.155 e. The highest BCUT2D eigenvalue weighted by Gasteiger charge is 2.30. The van der Waals surface area contributed by atoms with Crippen LogP contribution in [0.15, 0.2) is 11.3 Å². The van der Waals surface area contributed by atoms with Gasteiger partial charge in [-0.05, 0) is 12.0 Å². The minimum absolute atomic E-state index is 0.329. The summed E-state index contributed by atoms with van der Waals surface area (Å²) in [6.45, 7) is 9.06. The van der Waals surface area contributed by atoms with E-state index in [0.717, 1.165) is 6.42 Å². The molecule has 0 aliphatic heterocycles. The lowest BCUT2D eigenvalue weighted by molar-refractivity contribution is -0.114. The SMILES string of the molecule is CC1CC(=O)C=C1[Si](C)(C)C. The summed E-state index contributed by atoms with van der Waals surface area (Å²) in [5, 5.41) is 1.45. The molecule has 0 bridgehead atoms. The van der Waals surface area contributed by atoms with Crippen molar-refractivity contribution in [1.29, 1.82) is 0 Å². The van der Waals surface area contributed by atoms with Crippen LogP contribution in [0.3, 0.4) is 0 Å². The van der Waals surface area contributed by atoms with Gasteiger partial charge in [-0.25, -0.2) is 0 Å². The van der Waals surface area contributed by atoms with Crippen LogP contribution in [0.2, 0.25) is 19.6 Å². The van der Waals surface area contributed by atoms with Crippen LogP contribution in [0.4, 0.5) is 0 Å². The lowest BCUT2D eigenvalue weighted by Gasteiger charge is -2.21. The average Bonchev–Trinajstić information content (AvgIpc) is 2.08. The van der Waals surface area contributed by atoms with E-state index in [9.17, 15) is 4.79 Å². The molecule has 62 valence electrons. The van der Waals surface area contributed by atoms with Gasteiger partial charge in [-0.2, -0.15) is 0 Å². The number of allylic oxidation sites excluding steroid dienone is 2. The minimum Gasteiger partial charge on any atom is -0.295 e. The molecule has 0 fully saturated rings. The molecular formula is C9H16OSi. The predicted octanol–water partition coefficient (Wildman–Crippen LogP) is 2.40. The molecule has 1 nitrogen and oxygen atoms in total. The van der Waals surface area contributed by atoms with Gasteiger partial charge in [0.05, 0.1) is 8.07 Å². The monoisotopic (exact) mass is 168 g/mol. The quantitative estimate of drug-likeness (QED) is 0.549. The van der Waals surface area contributed by atoms with Crippen LogP contribution >= 0.6 is 0 Å². The van der Waals surface area contributed by atoms with Gasteiger partial charge in [0.1, 0.15) is 0 Å². The topological polar surface area (TPSA) is 17.1 Å². The van der Waals surface area contributed by atoms with Crippen molar-refractivity contribution in [2.75, 3.05) is 0 Å². The Morgan fingerprint density at radius 3 is 2.18 bits per heavy atom. The zero-order valence-corrected chi connectivity index (χ0v) is 8.77. The van der Waals surface area contributed by atoms with Crippen LogP contribution in [0.1, 0.15) is 13.3 Å². The van der Waals surface area contributed by atoms with E-state index in [1.807, 2.05) is 6.08 Å². The fourth-order valence-corrected chi connectivity index (χ4v) is 3.92. The first-order valence-corrected chi connectivity index (χ1v) is 7.66. The van der Waals surface area contributed by atoms with Crippen LogP contribution in [0, 0.1) is 5.92 Å². The van der Waals surface area contributed by atoms with E-state index in [0.29, 0.717) is 11.7 Å². The first kappa shape index (κ1) is 8.72. The Balaban J connectivity index is 2.88. The molecule has 0 radical (unpaired) electrons. The number of hydrogen-bond donors (Lipinski definition) is 0. The number of rotatable bonds is 1. The van der Waals surface area contributed by atoms with Gasteiger partial charge in [0.15, 0.2) is 5.78 Å². The first-order chi connectivity index (χ1) is 4.91. The normalized spacial score (nSPS) is 25.6. The fourth-order valence-electron chi connectivity index (χ4n) is 1.74. The van der Waals surface area contributed by atoms with Gasteiger partial charge in [0.2, 0.25) is 0 Å². The van der Waals surface area contributed by atoms with Crippen LogP contribution < -0.4 is 0 Å². The van der Waals surface area contributed by atoms with Gasteiger partial charge in [-0.1, -0.05) is 31.8 Å². The van der Waals surface area contributed by atoms with E-state index >= 15 is 0 Å². The summed E-state index contributed by atoms with van der Waals surface area (Å²) in [4.78, 5) is 11.1. The van der Waals surface area contributed by atoms with Crippen LogP contribution in [0.25, 0.3) is 0 Å². The molecule has 0 saturated heterocycles. The molecule has 0 saturated carbocycles. The van der Waals surface area contributed by atoms with E-state index in [4.69, 9.17) is 0 Å². The third kappa shape index (κ3) is 1.80. The standard InChI is InChI=1S/C9H16OSi/c1-7-5-8(10)6-9(7)11(2,3)4/h6-7H,5H2,1-4H3. The molecule has 1 rings (SSSR count). The lowest BCUT2D eigenvalue weighted by Crippen LogP contribution is -2.26. The molecule has 11 heavy (non-hydrogen) atoms. The highest BCUT2D eigenvalue weighted by Crippen LogP contribution is 2.30. The number of hydrogen-bond acceptors (Lipinski definition) is 1. The zero-order chi connectivity index (χ0) is 8.65. The molecule has 0 N–H and O–H groups in total. The van der Waals surface area contributed by atoms with Crippen molar-refractivity contribution in [2.45, 2.75) is 33.0 Å². The Bertz CT molecular complexity index is 210. The molecule has 1 unspecified atom stereocenters. The van der Waals surface area contributed by atoms with Crippen molar-refractivity contribution in [2.24, 2.45) is 5.92 Å². The van der Waals surface area contributed by atoms with Gasteiger partial charge in [-0.15, -0.1) is 0 Å². The van der Waals surface area contributed by atoms with Gasteiger partial charge in [-0.3, -0.25) is 4.79 Å². The fraction of sp³-hybridized carbons (Fsp3) is 0.667. The second kappa shape index (κ2) is 2.59. The highest BCUT2D eigenvalue weighted by atomic mass is 28.3. The Kier molecular flexibility index (Phi) is 2.05. The molecule has 1 atom stereocenters. The summed E-state index contributed by atoms with van der Waals surface area (Å²) >= 11 is 0. The third-order valence-corrected chi connectivity index (χ3v) is 4.59. The van der Waals surface area contributed by atoms with Gasteiger partial charge in [0.25, 0.3) is 0 Å². The Morgan fingerprint density at radius 1 is 1.45 bits per heavy atom. The number of carbonyl (C=O) groups excluding carboxylic acids is 1. The lowest BCUT2D eigenvalue weighted by atomic mass is 10.1. The average molecular weight is 168 g/mol. The maximum atomic E-state index is 11.1. The molecule has 0 aromatic heterocycles. The van der Waals surface area contributed by atoms with Crippen LogP contribution in [-0.4, -0.2) is 13.9 Å². The Hall–Kier alpha value is -0.373. The van der Waals surface area contributed by atoms with Gasteiger partial charge >= 0.3 is 0 Å². The summed E-state index contributed by atoms with van der Waals surface area (Å²) in [6.07, 6.45) is 2.64. The smallest absolute Gasteiger partial charge is 0.155 e. The van der Waals surface area contributed by atoms with Crippen molar-refractivity contribution < 1.29 is 4.79 Å². The van der Waals surface area contributed by atoms with E-state index in [1.54, 1.807) is 0 Å². The van der Waals surface area contributed by atoms with Gasteiger partial charge in [0, 0.05) is 6.42 Å². The molecule has 0 aromatic rings. The molecule has 1 aliphatic carbocycles. The van der Waals surface area contributed by atoms with E-state index < -0.39 is 8.07 Å². The van der Waals surface area contributed by atoms with Crippen molar-refractivity contribution >= 4 is 13.9 Å². The summed E-state index contributed by atoms with van der Waals surface area (Å²) < 4.78 is 0. The molecule has 0 amide bonds. The Labute approximate surface area is 69.5 Å². The number of carbonyl (C=O) groups is 1. The second-order valence-electron chi connectivity index (χ2n) is 4.42. The summed E-state index contributed by atoms with van der Waals surface area (Å²) in [7, 11) is -1.19. The first-order valence-electron chi connectivity index (χ1n) is 4.16. The molecule has 0 spiro atoms. The van der Waals surface area contributed by atoms with Crippen molar-refractivity contribution in [3.05, 3.63) is 11.3 Å². The van der Waals surface area contributed by atoms with E-state index in [-0.39, 0.29) is 0 Å². The van der Waals surface area contributed by atoms with E-state index in [2.05, 4.69) is 26.6 Å². The van der Waals surface area contributed by atoms with E-state index in [1.165, 1.54) is 5.20 Å². The summed E-state index contributed by atoms with van der Waals surface area (Å²) in [6, 6.07) is 0. The highest BCUT2D eigenvalue weighted by molar-refractivity contribution is 6.83. The maximum absolute atomic E-state index is 11.1. The molecule has 2 heteroatoms. The van der Waals surface area contributed by atoms with Crippen LogP contribution in [0.5, 0.6) is 0 Å². The molecular weight excluding hydrogens is 152 g/mol. The van der Waals surface area contributed by atoms with Crippen LogP contribution in [-0.2, 0) is 4.79 Å². The third-order valence-electron chi connectivity index (χ3n) is 2.22. The van der Waals surface area contributed by atoms with Gasteiger partial charge < -0.3 is 0 Å². The largest absolute Gasteiger partial charge is 0.295 e.